The molecule has 0 aliphatic rings. The summed E-state index contributed by atoms with van der Waals surface area (Å²) in [4.78, 5) is 9.60. The Bertz CT molecular complexity index is 165. The number of nitrogens with zero attached hydrogens (tertiary/aromatic N) is 1. The Labute approximate surface area is 86.5 Å². The summed E-state index contributed by atoms with van der Waals surface area (Å²) in [5.74, 6) is 4.98. The van der Waals surface area contributed by atoms with Gasteiger partial charge < -0.3 is 10.6 Å². The van der Waals surface area contributed by atoms with E-state index in [2.05, 4.69) is 23.7 Å². The zero-order valence-electron chi connectivity index (χ0n) is 9.83. The Hall–Kier alpha value is -1.06. The smallest absolute Gasteiger partial charge is 0.293 e. The van der Waals surface area contributed by atoms with Crippen LogP contribution in [0.1, 0.15) is 47.5 Å². The van der Waals surface area contributed by atoms with E-state index in [0.717, 1.165) is 18.6 Å². The number of hydrogen-bond acceptors (Lipinski definition) is 4. The van der Waals surface area contributed by atoms with Crippen molar-refractivity contribution in [2.75, 3.05) is 0 Å². The third-order valence-electron chi connectivity index (χ3n) is 1.40. The fraction of sp³-hybridized carbons (Fsp3) is 0.800. The molecule has 0 saturated heterocycles. The van der Waals surface area contributed by atoms with Crippen molar-refractivity contribution in [3.63, 3.8) is 0 Å². The predicted molar refractivity (Wildman–Crippen MR) is 59.1 cm³/mol. The number of nitrogens with two attached hydrogens (primary N) is 1. The largest absolute Gasteiger partial charge is 0.462 e. The Morgan fingerprint density at radius 1 is 1.36 bits per heavy atom. The van der Waals surface area contributed by atoms with Crippen molar-refractivity contribution in [2.45, 2.75) is 53.1 Å². The fourth-order valence-electron chi connectivity index (χ4n) is 0.577. The Kier molecular flexibility index (Phi) is 9.40. The van der Waals surface area contributed by atoms with Gasteiger partial charge >= 0.3 is 0 Å². The van der Waals surface area contributed by atoms with Crippen molar-refractivity contribution >= 4 is 12.2 Å². The molecule has 0 saturated carbocycles. The molecule has 0 atom stereocenters. The SMILES string of the molecule is CC(C)(C)OC=O.CCC(CC)=NN. The summed E-state index contributed by atoms with van der Waals surface area (Å²) in [6, 6.07) is 0. The average molecular weight is 202 g/mol. The quantitative estimate of drug-likeness (QED) is 0.330. The number of hydrazone groups is 1. The van der Waals surface area contributed by atoms with Gasteiger partial charge in [0.1, 0.15) is 5.60 Å². The van der Waals surface area contributed by atoms with Crippen molar-refractivity contribution in [2.24, 2.45) is 10.9 Å². The van der Waals surface area contributed by atoms with Crippen molar-refractivity contribution < 1.29 is 9.53 Å². The first kappa shape index (κ1) is 15.4. The minimum absolute atomic E-state index is 0.318. The molecule has 0 bridgehead atoms. The van der Waals surface area contributed by atoms with Crippen LogP contribution < -0.4 is 5.84 Å². The fourth-order valence-corrected chi connectivity index (χ4v) is 0.577. The molecule has 0 aromatic carbocycles. The number of ether oxygens (including phenoxy) is 1. The third kappa shape index (κ3) is 13.5. The van der Waals surface area contributed by atoms with Crippen LogP contribution in [0.15, 0.2) is 5.10 Å². The molecule has 0 aromatic heterocycles. The van der Waals surface area contributed by atoms with Gasteiger partial charge in [-0.3, -0.25) is 4.79 Å². The molecule has 0 heterocycles. The summed E-state index contributed by atoms with van der Waals surface area (Å²) in [6.07, 6.45) is 1.96. The standard InChI is InChI=1S/C5H12N2.C5H10O2/c1-3-5(4-2)7-6;1-5(2,3)7-4-6/h3-4,6H2,1-2H3;4H,1-3H3. The van der Waals surface area contributed by atoms with Crippen LogP contribution in [0.3, 0.4) is 0 Å². The van der Waals surface area contributed by atoms with Gasteiger partial charge in [0.05, 0.1) is 0 Å². The molecule has 0 fully saturated rings. The zero-order chi connectivity index (χ0) is 11.6. The summed E-state index contributed by atoms with van der Waals surface area (Å²) in [6.45, 7) is 10.0. The van der Waals surface area contributed by atoms with E-state index in [1.54, 1.807) is 0 Å². The van der Waals surface area contributed by atoms with Crippen LogP contribution >= 0.6 is 0 Å². The van der Waals surface area contributed by atoms with Gasteiger partial charge in [0.2, 0.25) is 0 Å². The van der Waals surface area contributed by atoms with E-state index in [-0.39, 0.29) is 5.60 Å². The Morgan fingerprint density at radius 3 is 1.79 bits per heavy atom. The van der Waals surface area contributed by atoms with Crippen molar-refractivity contribution in [3.8, 4) is 0 Å². The van der Waals surface area contributed by atoms with Crippen molar-refractivity contribution in [3.05, 3.63) is 0 Å². The minimum Gasteiger partial charge on any atom is -0.462 e. The summed E-state index contributed by atoms with van der Waals surface area (Å²) >= 11 is 0. The van der Waals surface area contributed by atoms with Crippen LogP contribution in [0.5, 0.6) is 0 Å². The van der Waals surface area contributed by atoms with Crippen LogP contribution in [-0.2, 0) is 9.53 Å². The van der Waals surface area contributed by atoms with E-state index in [4.69, 9.17) is 5.84 Å². The predicted octanol–water partition coefficient (Wildman–Crippen LogP) is 2.08. The molecule has 0 amide bonds. The zero-order valence-corrected chi connectivity index (χ0v) is 9.83. The second-order valence-corrected chi connectivity index (χ2v) is 3.73. The lowest BCUT2D eigenvalue weighted by Gasteiger charge is -2.14. The van der Waals surface area contributed by atoms with Crippen LogP contribution in [0.2, 0.25) is 0 Å². The highest BCUT2D eigenvalue weighted by atomic mass is 16.5. The van der Waals surface area contributed by atoms with Crippen LogP contribution in [0.25, 0.3) is 0 Å². The summed E-state index contributed by atoms with van der Waals surface area (Å²) in [7, 11) is 0. The van der Waals surface area contributed by atoms with E-state index < -0.39 is 0 Å². The number of carbonyl (C=O) groups excluding carboxylic acids is 1. The highest BCUT2D eigenvalue weighted by Gasteiger charge is 2.07. The second kappa shape index (κ2) is 8.53. The number of hydrogen-bond donors (Lipinski definition) is 1. The molecule has 84 valence electrons. The maximum Gasteiger partial charge on any atom is 0.293 e. The summed E-state index contributed by atoms with van der Waals surface area (Å²) in [5.41, 5.74) is 0.766. The first-order valence-corrected chi connectivity index (χ1v) is 4.78. The van der Waals surface area contributed by atoms with Crippen molar-refractivity contribution in [1.82, 2.24) is 0 Å². The van der Waals surface area contributed by atoms with Gasteiger partial charge in [-0.1, -0.05) is 13.8 Å². The molecule has 4 nitrogen and oxygen atoms in total. The molecule has 0 rings (SSSR count). The first-order chi connectivity index (χ1) is 6.41. The third-order valence-corrected chi connectivity index (χ3v) is 1.40. The molecule has 0 spiro atoms. The maximum atomic E-state index is 9.60. The first-order valence-electron chi connectivity index (χ1n) is 4.78. The summed E-state index contributed by atoms with van der Waals surface area (Å²) in [5, 5.41) is 3.54. The second-order valence-electron chi connectivity index (χ2n) is 3.73. The molecule has 0 aliphatic heterocycles. The van der Waals surface area contributed by atoms with Crippen LogP contribution in [0.4, 0.5) is 0 Å². The van der Waals surface area contributed by atoms with Gasteiger partial charge in [0.15, 0.2) is 0 Å². The van der Waals surface area contributed by atoms with Crippen LogP contribution in [0, 0.1) is 0 Å². The van der Waals surface area contributed by atoms with Gasteiger partial charge in [-0.2, -0.15) is 5.10 Å². The lowest BCUT2D eigenvalue weighted by molar-refractivity contribution is -0.138. The van der Waals surface area contributed by atoms with E-state index in [9.17, 15) is 4.79 Å². The molecule has 14 heavy (non-hydrogen) atoms. The Balaban J connectivity index is 0. The lowest BCUT2D eigenvalue weighted by Crippen LogP contribution is -2.17. The monoisotopic (exact) mass is 202 g/mol. The van der Waals surface area contributed by atoms with Gasteiger partial charge in [0, 0.05) is 5.71 Å². The molecule has 2 N–H and O–H groups in total. The normalized spacial score (nSPS) is 9.50. The van der Waals surface area contributed by atoms with Gasteiger partial charge in [-0.15, -0.1) is 0 Å². The van der Waals surface area contributed by atoms with Gasteiger partial charge in [-0.25, -0.2) is 0 Å². The van der Waals surface area contributed by atoms with E-state index in [1.807, 2.05) is 20.8 Å². The topological polar surface area (TPSA) is 64.7 Å². The van der Waals surface area contributed by atoms with E-state index in [0.29, 0.717) is 6.47 Å². The number of rotatable bonds is 3. The average Bonchev–Trinajstić information content (AvgIpc) is 2.06. The molecule has 0 unspecified atom stereocenters. The molecular formula is C10H22N2O2. The van der Waals surface area contributed by atoms with Crippen molar-refractivity contribution in [1.29, 1.82) is 0 Å². The highest BCUT2D eigenvalue weighted by molar-refractivity contribution is 5.83. The molecule has 0 aromatic rings. The maximum absolute atomic E-state index is 9.60. The van der Waals surface area contributed by atoms with Crippen LogP contribution in [-0.4, -0.2) is 17.8 Å². The Morgan fingerprint density at radius 2 is 1.79 bits per heavy atom. The molecule has 4 heteroatoms. The summed E-state index contributed by atoms with van der Waals surface area (Å²) < 4.78 is 4.55. The highest BCUT2D eigenvalue weighted by Crippen LogP contribution is 2.02. The lowest BCUT2D eigenvalue weighted by atomic mass is 10.2. The molecular weight excluding hydrogens is 180 g/mol. The van der Waals surface area contributed by atoms with Gasteiger partial charge in [0.25, 0.3) is 6.47 Å². The van der Waals surface area contributed by atoms with E-state index in [1.165, 1.54) is 0 Å². The molecule has 0 aliphatic carbocycles. The molecule has 0 radical (unpaired) electrons. The van der Waals surface area contributed by atoms with Gasteiger partial charge in [-0.05, 0) is 33.6 Å². The number of carbonyl (C=O) groups is 1. The van der Waals surface area contributed by atoms with E-state index >= 15 is 0 Å². The minimum atomic E-state index is -0.318.